The van der Waals surface area contributed by atoms with Crippen molar-refractivity contribution in [1.29, 1.82) is 0 Å². The average Bonchev–Trinajstić information content (AvgIpc) is 3.08. The monoisotopic (exact) mass is 408 g/mol. The Hall–Kier alpha value is -1.63. The minimum Gasteiger partial charge on any atom is -0.507 e. The van der Waals surface area contributed by atoms with Gasteiger partial charge in [0.15, 0.2) is 0 Å². The summed E-state index contributed by atoms with van der Waals surface area (Å²) in [4.78, 5) is 0. The molecule has 0 fully saturated rings. The van der Waals surface area contributed by atoms with E-state index in [0.717, 1.165) is 10.9 Å². The van der Waals surface area contributed by atoms with E-state index in [9.17, 15) is 5.11 Å². The third-order valence-electron chi connectivity index (χ3n) is 5.68. The third kappa shape index (κ3) is 3.65. The Morgan fingerprint density at radius 1 is 0.929 bits per heavy atom. The predicted molar refractivity (Wildman–Crippen MR) is 129 cm³/mol. The topological polar surface area (TPSA) is 20.2 Å². The van der Waals surface area contributed by atoms with Gasteiger partial charge < -0.3 is 5.11 Å². The standard InChI is InChI=1S/C25H33OPSi/c1-19-17-21(24(2,3)4)23(26)22(18-19)27(20-13-9-8-10-14-20)25(28(5,6)7)15-11-12-16-25/h8-18,26H,1-7H3. The summed E-state index contributed by atoms with van der Waals surface area (Å²) in [5.74, 6) is 0.486. The zero-order valence-electron chi connectivity index (χ0n) is 18.2. The van der Waals surface area contributed by atoms with Crippen LogP contribution in [0.3, 0.4) is 0 Å². The van der Waals surface area contributed by atoms with E-state index in [1.165, 1.54) is 10.9 Å². The van der Waals surface area contributed by atoms with Gasteiger partial charge in [-0.05, 0) is 37.2 Å². The van der Waals surface area contributed by atoms with Gasteiger partial charge in [0, 0.05) is 15.6 Å². The summed E-state index contributed by atoms with van der Waals surface area (Å²) in [6.07, 6.45) is 9.23. The van der Waals surface area contributed by atoms with E-state index in [-0.39, 0.29) is 10.2 Å². The van der Waals surface area contributed by atoms with Crippen LogP contribution in [0, 0.1) is 6.92 Å². The Bertz CT molecular complexity index is 902. The maximum Gasteiger partial charge on any atom is 0.127 e. The van der Waals surface area contributed by atoms with Crippen molar-refractivity contribution in [2.75, 3.05) is 0 Å². The Balaban J connectivity index is 2.37. The van der Waals surface area contributed by atoms with E-state index in [0.29, 0.717) is 5.75 Å². The van der Waals surface area contributed by atoms with E-state index in [2.05, 4.69) is 114 Å². The lowest BCUT2D eigenvalue weighted by molar-refractivity contribution is 0.450. The van der Waals surface area contributed by atoms with Crippen LogP contribution in [0.2, 0.25) is 19.6 Å². The number of phenolic OH excluding ortho intramolecular Hbond substituents is 1. The van der Waals surface area contributed by atoms with Gasteiger partial charge in [-0.25, -0.2) is 0 Å². The Morgan fingerprint density at radius 2 is 1.50 bits per heavy atom. The molecule has 0 bridgehead atoms. The number of phenols is 1. The van der Waals surface area contributed by atoms with Gasteiger partial charge in [0.05, 0.1) is 8.07 Å². The fourth-order valence-corrected chi connectivity index (χ4v) is 11.4. The number of hydrogen-bond acceptors (Lipinski definition) is 1. The highest BCUT2D eigenvalue weighted by Crippen LogP contribution is 2.58. The molecule has 148 valence electrons. The largest absolute Gasteiger partial charge is 0.507 e. The number of rotatable bonds is 4. The summed E-state index contributed by atoms with van der Waals surface area (Å²) in [6.45, 7) is 16.0. The maximum atomic E-state index is 11.5. The van der Waals surface area contributed by atoms with Crippen molar-refractivity contribution in [3.05, 3.63) is 77.9 Å². The summed E-state index contributed by atoms with van der Waals surface area (Å²) in [6, 6.07) is 15.2. The van der Waals surface area contributed by atoms with Gasteiger partial charge in [-0.3, -0.25) is 0 Å². The SMILES string of the molecule is Cc1cc(P(c2ccccc2)C2([Si](C)(C)C)C=CC=C2)c(O)c(C(C)(C)C)c1. The summed E-state index contributed by atoms with van der Waals surface area (Å²) in [7, 11) is -2.45. The highest BCUT2D eigenvalue weighted by atomic mass is 31.1. The van der Waals surface area contributed by atoms with Crippen LogP contribution < -0.4 is 10.6 Å². The van der Waals surface area contributed by atoms with E-state index < -0.39 is 16.0 Å². The van der Waals surface area contributed by atoms with Gasteiger partial charge >= 0.3 is 0 Å². The molecule has 1 aliphatic rings. The summed E-state index contributed by atoms with van der Waals surface area (Å²) >= 11 is 0. The lowest BCUT2D eigenvalue weighted by Crippen LogP contribution is -2.50. The quantitative estimate of drug-likeness (QED) is 0.473. The number of aryl methyl sites for hydroxylation is 1. The van der Waals surface area contributed by atoms with Crippen molar-refractivity contribution >= 4 is 26.6 Å². The average molecular weight is 409 g/mol. The minimum atomic E-state index is -1.66. The van der Waals surface area contributed by atoms with Gasteiger partial charge in [0.2, 0.25) is 0 Å². The molecule has 0 aliphatic heterocycles. The van der Waals surface area contributed by atoms with Crippen LogP contribution in [0.15, 0.2) is 66.8 Å². The second kappa shape index (κ2) is 7.32. The molecule has 28 heavy (non-hydrogen) atoms. The van der Waals surface area contributed by atoms with Crippen LogP contribution in [0.5, 0.6) is 5.75 Å². The minimum absolute atomic E-state index is 0.00981. The molecule has 0 saturated heterocycles. The van der Waals surface area contributed by atoms with Crippen LogP contribution in [0.1, 0.15) is 31.9 Å². The zero-order valence-corrected chi connectivity index (χ0v) is 20.1. The molecule has 1 N–H and O–H groups in total. The second-order valence-electron chi connectivity index (χ2n) is 9.89. The molecule has 1 aliphatic carbocycles. The lowest BCUT2D eigenvalue weighted by atomic mass is 9.85. The van der Waals surface area contributed by atoms with Crippen LogP contribution in [0.4, 0.5) is 0 Å². The highest BCUT2D eigenvalue weighted by molar-refractivity contribution is 7.77. The normalized spacial score (nSPS) is 17.1. The smallest absolute Gasteiger partial charge is 0.127 e. The first-order valence-electron chi connectivity index (χ1n) is 10.0. The van der Waals surface area contributed by atoms with Crippen LogP contribution in [0.25, 0.3) is 0 Å². The van der Waals surface area contributed by atoms with Gasteiger partial charge in [0.1, 0.15) is 5.75 Å². The fraction of sp³-hybridized carbons (Fsp3) is 0.360. The number of allylic oxidation sites excluding steroid dienone is 4. The fourth-order valence-electron chi connectivity index (χ4n) is 4.08. The molecule has 2 aromatic carbocycles. The molecule has 1 atom stereocenters. The number of aromatic hydroxyl groups is 1. The molecule has 1 nitrogen and oxygen atoms in total. The van der Waals surface area contributed by atoms with Crippen LogP contribution in [-0.4, -0.2) is 18.0 Å². The number of hydrogen-bond donors (Lipinski definition) is 1. The molecule has 0 aromatic heterocycles. The molecule has 0 heterocycles. The van der Waals surface area contributed by atoms with Crippen molar-refractivity contribution in [3.8, 4) is 5.75 Å². The van der Waals surface area contributed by atoms with E-state index in [4.69, 9.17) is 0 Å². The van der Waals surface area contributed by atoms with Crippen molar-refractivity contribution in [1.82, 2.24) is 0 Å². The van der Waals surface area contributed by atoms with E-state index in [1.807, 2.05) is 0 Å². The van der Waals surface area contributed by atoms with Crippen molar-refractivity contribution in [2.45, 2.75) is 57.5 Å². The maximum absolute atomic E-state index is 11.5. The summed E-state index contributed by atoms with van der Waals surface area (Å²) in [5.41, 5.74) is 2.16. The zero-order chi connectivity index (χ0) is 20.7. The van der Waals surface area contributed by atoms with Crippen molar-refractivity contribution in [2.24, 2.45) is 0 Å². The molecule has 3 rings (SSSR count). The molecule has 2 aromatic rings. The molecular weight excluding hydrogens is 375 g/mol. The van der Waals surface area contributed by atoms with Crippen LogP contribution in [-0.2, 0) is 5.41 Å². The third-order valence-corrected chi connectivity index (χ3v) is 13.8. The Kier molecular flexibility index (Phi) is 5.51. The first kappa shape index (κ1) is 21.1. The molecule has 0 saturated carbocycles. The Labute approximate surface area is 173 Å². The number of benzene rings is 2. The molecular formula is C25H33OPSi. The van der Waals surface area contributed by atoms with Crippen molar-refractivity contribution < 1.29 is 5.11 Å². The second-order valence-corrected chi connectivity index (χ2v) is 18.1. The van der Waals surface area contributed by atoms with E-state index >= 15 is 0 Å². The van der Waals surface area contributed by atoms with E-state index in [1.54, 1.807) is 0 Å². The predicted octanol–water partition coefficient (Wildman–Crippen LogP) is 6.17. The first-order chi connectivity index (χ1) is 13.0. The van der Waals surface area contributed by atoms with Gasteiger partial charge in [0.25, 0.3) is 0 Å². The molecule has 0 amide bonds. The van der Waals surface area contributed by atoms with Crippen LogP contribution >= 0.6 is 7.92 Å². The molecule has 0 spiro atoms. The molecule has 0 radical (unpaired) electrons. The van der Waals surface area contributed by atoms with Gasteiger partial charge in [-0.2, -0.15) is 0 Å². The van der Waals surface area contributed by atoms with Gasteiger partial charge in [-0.15, -0.1) is 0 Å². The molecule has 1 unspecified atom stereocenters. The summed E-state index contributed by atoms with van der Waals surface area (Å²) in [5, 5.41) is 14.0. The first-order valence-corrected chi connectivity index (χ1v) is 14.9. The highest BCUT2D eigenvalue weighted by Gasteiger charge is 2.48. The lowest BCUT2D eigenvalue weighted by Gasteiger charge is -2.45. The van der Waals surface area contributed by atoms with Gasteiger partial charge in [-0.1, -0.05) is 101 Å². The van der Waals surface area contributed by atoms with Crippen molar-refractivity contribution in [3.63, 3.8) is 0 Å². The summed E-state index contributed by atoms with van der Waals surface area (Å²) < 4.78 is -0.00981. The molecule has 3 heteroatoms. The Morgan fingerprint density at radius 3 is 2.00 bits per heavy atom.